The predicted molar refractivity (Wildman–Crippen MR) is 135 cm³/mol. The van der Waals surface area contributed by atoms with Crippen molar-refractivity contribution in [1.29, 1.82) is 0 Å². The lowest BCUT2D eigenvalue weighted by atomic mass is 10.2. The highest BCUT2D eigenvalue weighted by Gasteiger charge is 2.28. The first-order valence-corrected chi connectivity index (χ1v) is 12.4. The Morgan fingerprint density at radius 3 is 2.24 bits per heavy atom. The molecule has 3 rings (SSSR count). The number of hydrogen-bond acceptors (Lipinski definition) is 5. The maximum absolute atomic E-state index is 13.5. The summed E-state index contributed by atoms with van der Waals surface area (Å²) < 4.78 is 38.8. The Kier molecular flexibility index (Phi) is 8.06. The minimum absolute atomic E-state index is 0.0253. The third-order valence-electron chi connectivity index (χ3n) is 4.83. The second-order valence-electron chi connectivity index (χ2n) is 7.88. The van der Waals surface area contributed by atoms with Crippen LogP contribution in [0.15, 0.2) is 71.6 Å². The molecule has 0 aliphatic heterocycles. The van der Waals surface area contributed by atoms with Crippen LogP contribution in [0.1, 0.15) is 19.4 Å². The molecule has 0 bridgehead atoms. The average Bonchev–Trinajstić information content (AvgIpc) is 2.78. The van der Waals surface area contributed by atoms with E-state index in [1.165, 1.54) is 25.3 Å². The molecule has 0 fully saturated rings. The number of anilines is 2. The third-order valence-corrected chi connectivity index (χ3v) is 6.91. The summed E-state index contributed by atoms with van der Waals surface area (Å²) in [6.07, 6.45) is 0.0253. The fourth-order valence-electron chi connectivity index (χ4n) is 3.18. The molecule has 34 heavy (non-hydrogen) atoms. The van der Waals surface area contributed by atoms with Crippen LogP contribution in [0.3, 0.4) is 0 Å². The summed E-state index contributed by atoms with van der Waals surface area (Å²) in [6.45, 7) is 5.25. The molecule has 180 valence electrons. The summed E-state index contributed by atoms with van der Waals surface area (Å²) in [5, 5.41) is 2.96. The molecule has 0 spiro atoms. The Balaban J connectivity index is 1.90. The van der Waals surface area contributed by atoms with Crippen molar-refractivity contribution in [2.24, 2.45) is 0 Å². The van der Waals surface area contributed by atoms with Gasteiger partial charge in [0.1, 0.15) is 18.0 Å². The molecule has 7 nitrogen and oxygen atoms in total. The number of carbonyl (C=O) groups is 1. The standard InChI is InChI=1S/C25H27ClN2O5S/c1-17(2)33-21-10-7-19(8-11-21)27-25(29)16-28(20-9-14-24(32-4)23(26)15-20)34(30,31)22-12-5-18(3)6-13-22/h5-15,17H,16H2,1-4H3,(H,27,29). The molecule has 0 unspecified atom stereocenters. The predicted octanol–water partition coefficient (Wildman–Crippen LogP) is 5.28. The number of ether oxygens (including phenoxy) is 2. The number of methoxy groups -OCH3 is 1. The molecular formula is C25H27ClN2O5S. The SMILES string of the molecule is COc1ccc(N(CC(=O)Nc2ccc(OC(C)C)cc2)S(=O)(=O)c2ccc(C)cc2)cc1Cl. The van der Waals surface area contributed by atoms with E-state index < -0.39 is 22.5 Å². The van der Waals surface area contributed by atoms with Crippen molar-refractivity contribution in [3.63, 3.8) is 0 Å². The normalized spacial score (nSPS) is 11.2. The van der Waals surface area contributed by atoms with Crippen LogP contribution in [0.25, 0.3) is 0 Å². The number of sulfonamides is 1. The molecule has 0 aliphatic carbocycles. The first-order chi connectivity index (χ1) is 16.1. The van der Waals surface area contributed by atoms with Crippen molar-refractivity contribution in [2.75, 3.05) is 23.3 Å². The Hall–Kier alpha value is -3.23. The van der Waals surface area contributed by atoms with E-state index in [1.807, 2.05) is 20.8 Å². The lowest BCUT2D eigenvalue weighted by Crippen LogP contribution is -2.38. The molecule has 1 N–H and O–H groups in total. The van der Waals surface area contributed by atoms with Gasteiger partial charge in [0.25, 0.3) is 10.0 Å². The van der Waals surface area contributed by atoms with Crippen LogP contribution in [0.2, 0.25) is 5.02 Å². The minimum atomic E-state index is -4.06. The fourth-order valence-corrected chi connectivity index (χ4v) is 4.85. The highest BCUT2D eigenvalue weighted by atomic mass is 35.5. The van der Waals surface area contributed by atoms with E-state index in [2.05, 4.69) is 5.32 Å². The second kappa shape index (κ2) is 10.8. The van der Waals surface area contributed by atoms with Gasteiger partial charge in [-0.2, -0.15) is 0 Å². The van der Waals surface area contributed by atoms with Crippen LogP contribution in [0, 0.1) is 6.92 Å². The number of nitrogens with zero attached hydrogens (tertiary/aromatic N) is 1. The maximum atomic E-state index is 13.5. The smallest absolute Gasteiger partial charge is 0.264 e. The topological polar surface area (TPSA) is 84.9 Å². The van der Waals surface area contributed by atoms with E-state index in [1.54, 1.807) is 48.5 Å². The van der Waals surface area contributed by atoms with E-state index in [0.29, 0.717) is 17.2 Å². The zero-order valence-corrected chi connectivity index (χ0v) is 21.0. The van der Waals surface area contributed by atoms with Gasteiger partial charge >= 0.3 is 0 Å². The molecule has 1 amide bonds. The van der Waals surface area contributed by atoms with Crippen molar-refractivity contribution in [3.8, 4) is 11.5 Å². The number of hydrogen-bond donors (Lipinski definition) is 1. The van der Waals surface area contributed by atoms with Crippen LogP contribution in [0.4, 0.5) is 11.4 Å². The van der Waals surface area contributed by atoms with Gasteiger partial charge in [-0.3, -0.25) is 9.10 Å². The lowest BCUT2D eigenvalue weighted by Gasteiger charge is -2.24. The first kappa shape index (κ1) is 25.4. The number of nitrogens with one attached hydrogen (secondary N) is 1. The molecule has 0 radical (unpaired) electrons. The van der Waals surface area contributed by atoms with E-state index in [9.17, 15) is 13.2 Å². The van der Waals surface area contributed by atoms with Crippen molar-refractivity contribution in [3.05, 3.63) is 77.3 Å². The molecule has 3 aromatic carbocycles. The van der Waals surface area contributed by atoms with Crippen LogP contribution in [-0.2, 0) is 14.8 Å². The minimum Gasteiger partial charge on any atom is -0.495 e. The molecular weight excluding hydrogens is 476 g/mol. The zero-order valence-electron chi connectivity index (χ0n) is 19.4. The Labute approximate surface area is 205 Å². The highest BCUT2D eigenvalue weighted by Crippen LogP contribution is 2.32. The monoisotopic (exact) mass is 502 g/mol. The Morgan fingerprint density at radius 1 is 1.03 bits per heavy atom. The van der Waals surface area contributed by atoms with Gasteiger partial charge in [0, 0.05) is 5.69 Å². The first-order valence-electron chi connectivity index (χ1n) is 10.6. The number of carbonyl (C=O) groups excluding carboxylic acids is 1. The highest BCUT2D eigenvalue weighted by molar-refractivity contribution is 7.92. The summed E-state index contributed by atoms with van der Waals surface area (Å²) in [6, 6.07) is 17.8. The van der Waals surface area contributed by atoms with Crippen molar-refractivity contribution in [1.82, 2.24) is 0 Å². The van der Waals surface area contributed by atoms with Gasteiger partial charge in [0.15, 0.2) is 0 Å². The number of halogens is 1. The summed E-state index contributed by atoms with van der Waals surface area (Å²) in [4.78, 5) is 13.0. The number of aryl methyl sites for hydroxylation is 1. The number of rotatable bonds is 9. The molecule has 0 aromatic heterocycles. The van der Waals surface area contributed by atoms with Gasteiger partial charge in [-0.25, -0.2) is 8.42 Å². The molecule has 0 saturated heterocycles. The second-order valence-corrected chi connectivity index (χ2v) is 10.2. The van der Waals surface area contributed by atoms with Gasteiger partial charge in [-0.15, -0.1) is 0 Å². The quantitative estimate of drug-likeness (QED) is 0.430. The summed E-state index contributed by atoms with van der Waals surface area (Å²) in [7, 11) is -2.60. The fraction of sp³-hybridized carbons (Fsp3) is 0.240. The van der Waals surface area contributed by atoms with E-state index >= 15 is 0 Å². The number of benzene rings is 3. The van der Waals surface area contributed by atoms with Crippen LogP contribution in [-0.4, -0.2) is 34.1 Å². The Bertz CT molecular complexity index is 1240. The largest absolute Gasteiger partial charge is 0.495 e. The molecule has 0 aliphatic rings. The summed E-state index contributed by atoms with van der Waals surface area (Å²) in [5.41, 5.74) is 1.67. The van der Waals surface area contributed by atoms with Gasteiger partial charge < -0.3 is 14.8 Å². The van der Waals surface area contributed by atoms with Gasteiger partial charge in [-0.1, -0.05) is 29.3 Å². The lowest BCUT2D eigenvalue weighted by molar-refractivity contribution is -0.114. The van der Waals surface area contributed by atoms with Crippen LogP contribution < -0.4 is 19.1 Å². The van der Waals surface area contributed by atoms with Crippen LogP contribution >= 0.6 is 11.6 Å². The van der Waals surface area contributed by atoms with E-state index in [-0.39, 0.29) is 21.7 Å². The van der Waals surface area contributed by atoms with Gasteiger partial charge in [0.2, 0.25) is 5.91 Å². The maximum Gasteiger partial charge on any atom is 0.264 e. The zero-order chi connectivity index (χ0) is 24.9. The number of amides is 1. The Morgan fingerprint density at radius 2 is 1.68 bits per heavy atom. The van der Waals surface area contributed by atoms with Crippen molar-refractivity contribution >= 4 is 38.9 Å². The average molecular weight is 503 g/mol. The molecule has 3 aromatic rings. The van der Waals surface area contributed by atoms with E-state index in [4.69, 9.17) is 21.1 Å². The molecule has 9 heteroatoms. The van der Waals surface area contributed by atoms with Gasteiger partial charge in [0.05, 0.1) is 28.8 Å². The van der Waals surface area contributed by atoms with Gasteiger partial charge in [-0.05, 0) is 75.4 Å². The van der Waals surface area contributed by atoms with Crippen molar-refractivity contribution < 1.29 is 22.7 Å². The van der Waals surface area contributed by atoms with Crippen molar-refractivity contribution in [2.45, 2.75) is 31.8 Å². The molecule has 0 heterocycles. The summed E-state index contributed by atoms with van der Waals surface area (Å²) in [5.74, 6) is 0.552. The molecule has 0 atom stereocenters. The third kappa shape index (κ3) is 6.21. The van der Waals surface area contributed by atoms with Crippen LogP contribution in [0.5, 0.6) is 11.5 Å². The van der Waals surface area contributed by atoms with E-state index in [0.717, 1.165) is 9.87 Å². The molecule has 0 saturated carbocycles. The summed E-state index contributed by atoms with van der Waals surface area (Å²) >= 11 is 6.25.